The largest absolute Gasteiger partial charge is 0.386 e. The van der Waals surface area contributed by atoms with Crippen LogP contribution in [-0.2, 0) is 12.0 Å². The number of halogens is 1. The van der Waals surface area contributed by atoms with Gasteiger partial charge >= 0.3 is 0 Å². The maximum absolute atomic E-state index is 15.3. The molecule has 0 bridgehead atoms. The van der Waals surface area contributed by atoms with Crippen LogP contribution in [-0.4, -0.2) is 56.3 Å². The van der Waals surface area contributed by atoms with Crippen LogP contribution < -0.4 is 5.73 Å². The normalized spacial score (nSPS) is 27.0. The van der Waals surface area contributed by atoms with E-state index in [4.69, 9.17) is 10.7 Å². The van der Waals surface area contributed by atoms with Gasteiger partial charge in [-0.25, -0.2) is 9.37 Å². The molecular formula is C26H36FN5S. The van der Waals surface area contributed by atoms with Crippen LogP contribution >= 0.6 is 8.29 Å². The van der Waals surface area contributed by atoms with Crippen molar-refractivity contribution in [2.45, 2.75) is 44.4 Å². The summed E-state index contributed by atoms with van der Waals surface area (Å²) in [6.45, 7) is 8.29. The third kappa shape index (κ3) is 3.70. The Morgan fingerprint density at radius 2 is 1.76 bits per heavy atom. The SMILES string of the molecule is Cc1cnc2c(Cc3ccc(F)c([C@]4(C)CS(C)(C)(C)(C)C(C)(C)C(N)=N4)c3)nccc2n1. The van der Waals surface area contributed by atoms with Crippen LogP contribution in [0, 0.1) is 12.7 Å². The lowest BCUT2D eigenvalue weighted by molar-refractivity contribution is 0.494. The van der Waals surface area contributed by atoms with E-state index < -0.39 is 13.8 Å². The van der Waals surface area contributed by atoms with Gasteiger partial charge in [0.05, 0.1) is 22.4 Å². The Morgan fingerprint density at radius 3 is 2.42 bits per heavy atom. The van der Waals surface area contributed by atoms with Crippen LogP contribution in [0.3, 0.4) is 0 Å². The highest BCUT2D eigenvalue weighted by Gasteiger charge is 2.63. The van der Waals surface area contributed by atoms with E-state index in [1.165, 1.54) is 0 Å². The van der Waals surface area contributed by atoms with Crippen molar-refractivity contribution in [1.29, 1.82) is 0 Å². The molecule has 1 aliphatic rings. The van der Waals surface area contributed by atoms with E-state index >= 15 is 4.39 Å². The molecule has 4 rings (SSSR count). The lowest BCUT2D eigenvalue weighted by Crippen LogP contribution is -2.65. The predicted molar refractivity (Wildman–Crippen MR) is 140 cm³/mol. The van der Waals surface area contributed by atoms with Crippen molar-refractivity contribution < 1.29 is 4.39 Å². The number of benzene rings is 1. The van der Waals surface area contributed by atoms with E-state index in [0.29, 0.717) is 17.8 Å². The van der Waals surface area contributed by atoms with Crippen molar-refractivity contribution in [3.63, 3.8) is 0 Å². The van der Waals surface area contributed by atoms with Gasteiger partial charge in [0.2, 0.25) is 0 Å². The Bertz CT molecular complexity index is 1320. The van der Waals surface area contributed by atoms with Crippen LogP contribution in [0.5, 0.6) is 0 Å². The fourth-order valence-corrected chi connectivity index (χ4v) is 9.16. The number of rotatable bonds is 3. The Balaban J connectivity index is 1.82. The lowest BCUT2D eigenvalue weighted by Gasteiger charge is -2.81. The van der Waals surface area contributed by atoms with Crippen LogP contribution in [0.25, 0.3) is 11.0 Å². The lowest BCUT2D eigenvalue weighted by atomic mass is 9.91. The van der Waals surface area contributed by atoms with Crippen LogP contribution in [0.15, 0.2) is 41.7 Å². The topological polar surface area (TPSA) is 77.0 Å². The first-order valence-corrected chi connectivity index (χ1v) is 15.4. The molecule has 1 atom stereocenters. The number of aryl methyl sites for hydroxylation is 1. The highest BCUT2D eigenvalue weighted by molar-refractivity contribution is 8.64. The number of aromatic nitrogens is 3. The molecule has 0 fully saturated rings. The van der Waals surface area contributed by atoms with Crippen molar-refractivity contribution in [1.82, 2.24) is 15.0 Å². The monoisotopic (exact) mass is 469 g/mol. The first kappa shape index (κ1) is 23.6. The summed E-state index contributed by atoms with van der Waals surface area (Å²) in [7, 11) is -2.75. The van der Waals surface area contributed by atoms with Crippen LogP contribution in [0.1, 0.15) is 43.3 Å². The fourth-order valence-electron chi connectivity index (χ4n) is 5.02. The number of fused-ring (bicyclic) bond motifs is 1. The van der Waals surface area contributed by atoms with E-state index in [-0.39, 0.29) is 10.6 Å². The second-order valence-corrected chi connectivity index (χ2v) is 23.1. The molecule has 0 unspecified atom stereocenters. The van der Waals surface area contributed by atoms with Crippen LogP contribution in [0.4, 0.5) is 4.39 Å². The minimum absolute atomic E-state index is 0.257. The first-order chi connectivity index (χ1) is 14.9. The molecule has 2 aromatic heterocycles. The molecule has 0 saturated heterocycles. The van der Waals surface area contributed by atoms with Gasteiger partial charge in [-0.05, 0) is 76.2 Å². The number of aliphatic imine (C=N–C) groups is 1. The minimum atomic E-state index is -2.75. The number of hydrogen-bond donors (Lipinski definition) is 1. The summed E-state index contributed by atoms with van der Waals surface area (Å²) in [5.41, 5.74) is 10.6. The third-order valence-electron chi connectivity index (χ3n) is 7.96. The van der Waals surface area contributed by atoms with Gasteiger partial charge < -0.3 is 5.73 Å². The minimum Gasteiger partial charge on any atom is -0.386 e. The summed E-state index contributed by atoms with van der Waals surface area (Å²) in [5.74, 6) is 1.09. The average Bonchev–Trinajstić information content (AvgIpc) is 2.66. The van der Waals surface area contributed by atoms with Gasteiger partial charge in [-0.15, -0.1) is 0 Å². The molecule has 178 valence electrons. The quantitative estimate of drug-likeness (QED) is 0.596. The molecule has 0 radical (unpaired) electrons. The molecule has 3 aromatic rings. The molecule has 0 spiro atoms. The molecule has 1 aromatic carbocycles. The molecule has 33 heavy (non-hydrogen) atoms. The maximum atomic E-state index is 15.3. The van der Waals surface area contributed by atoms with Gasteiger partial charge in [0.1, 0.15) is 17.2 Å². The van der Waals surface area contributed by atoms with Crippen molar-refractivity contribution in [2.24, 2.45) is 10.7 Å². The zero-order valence-corrected chi connectivity index (χ0v) is 21.8. The first-order valence-electron chi connectivity index (χ1n) is 11.2. The maximum Gasteiger partial charge on any atom is 0.128 e. The Labute approximate surface area is 195 Å². The van der Waals surface area contributed by atoms with Gasteiger partial charge in [0, 0.05) is 29.1 Å². The van der Waals surface area contributed by atoms with Gasteiger partial charge in [-0.1, -0.05) is 12.1 Å². The Hall–Kier alpha value is -2.54. The van der Waals surface area contributed by atoms with E-state index in [2.05, 4.69) is 53.8 Å². The number of amidine groups is 1. The Morgan fingerprint density at radius 1 is 1.06 bits per heavy atom. The number of nitrogens with zero attached hydrogens (tertiary/aromatic N) is 4. The summed E-state index contributed by atoms with van der Waals surface area (Å²) in [5, 5.41) is 0. The van der Waals surface area contributed by atoms with Crippen molar-refractivity contribution >= 4 is 25.2 Å². The van der Waals surface area contributed by atoms with E-state index in [9.17, 15) is 0 Å². The predicted octanol–water partition coefficient (Wildman–Crippen LogP) is 4.82. The molecule has 5 nitrogen and oxygen atoms in total. The molecule has 2 N–H and O–H groups in total. The van der Waals surface area contributed by atoms with Crippen molar-refractivity contribution in [2.75, 3.05) is 30.8 Å². The molecule has 0 saturated carbocycles. The van der Waals surface area contributed by atoms with E-state index in [1.807, 2.05) is 32.0 Å². The zero-order chi connectivity index (χ0) is 24.5. The second kappa shape index (κ2) is 6.53. The van der Waals surface area contributed by atoms with Gasteiger partial charge in [-0.3, -0.25) is 23.3 Å². The van der Waals surface area contributed by atoms with Crippen LogP contribution in [0.2, 0.25) is 0 Å². The zero-order valence-electron chi connectivity index (χ0n) is 21.0. The standard InChI is InChI=1S/C26H36FN5S/c1-17-15-30-23-21(31-17)11-12-29-22(23)14-18-9-10-20(27)19(13-18)26(4)16-33(5,6,7,8)25(2,3)24(28)32-26/h9-13,15H,14,16H2,1-8H3,(H2,28,32)/t26-/m0/s1. The van der Waals surface area contributed by atoms with E-state index in [0.717, 1.165) is 33.7 Å². The average molecular weight is 470 g/mol. The van der Waals surface area contributed by atoms with Crippen molar-refractivity contribution in [3.8, 4) is 0 Å². The van der Waals surface area contributed by atoms with Gasteiger partial charge in [-0.2, -0.15) is 0 Å². The third-order valence-corrected chi connectivity index (χ3v) is 14.8. The van der Waals surface area contributed by atoms with Gasteiger partial charge in [0.15, 0.2) is 0 Å². The summed E-state index contributed by atoms with van der Waals surface area (Å²) in [4.78, 5) is 18.6. The van der Waals surface area contributed by atoms with E-state index in [1.54, 1.807) is 18.5 Å². The number of hydrogen-bond acceptors (Lipinski definition) is 5. The molecule has 3 heterocycles. The second-order valence-electron chi connectivity index (χ2n) is 12.6. The summed E-state index contributed by atoms with van der Waals surface area (Å²) >= 11 is 0. The molecule has 7 heteroatoms. The highest BCUT2D eigenvalue weighted by atomic mass is 32.4. The highest BCUT2D eigenvalue weighted by Crippen LogP contribution is 2.88. The molecular weight excluding hydrogens is 433 g/mol. The molecule has 0 aliphatic carbocycles. The summed E-state index contributed by atoms with van der Waals surface area (Å²) < 4.78 is 15.1. The van der Waals surface area contributed by atoms with Crippen molar-refractivity contribution in [3.05, 3.63) is 65.0 Å². The van der Waals surface area contributed by atoms with Gasteiger partial charge in [0.25, 0.3) is 0 Å². The fraction of sp³-hybridized carbons (Fsp3) is 0.462. The molecule has 1 aliphatic heterocycles. The number of pyridine rings is 1. The number of nitrogens with two attached hydrogens (primary N) is 1. The summed E-state index contributed by atoms with van der Waals surface area (Å²) in [6, 6.07) is 7.15. The summed E-state index contributed by atoms with van der Waals surface area (Å²) in [6.07, 6.45) is 13.4. The smallest absolute Gasteiger partial charge is 0.128 e. The Kier molecular flexibility index (Phi) is 4.67. The molecule has 0 amide bonds.